The SMILES string of the molecule is CCn1nnc([C@H]2O[C@@H](n3cnc4c(NCC(c5ccccc5)c5ccccc5)nc(CNS(=O)(=O)CC(C)C)nc43)[C@H](O)[C@@H]2O)n1. The van der Waals surface area contributed by atoms with Gasteiger partial charge in [-0.05, 0) is 29.2 Å². The molecular weight excluding hydrogens is 624 g/mol. The van der Waals surface area contributed by atoms with Crippen LogP contribution in [0.5, 0.6) is 0 Å². The van der Waals surface area contributed by atoms with E-state index in [0.717, 1.165) is 11.1 Å². The summed E-state index contributed by atoms with van der Waals surface area (Å²) in [6.45, 7) is 6.24. The number of ether oxygens (including phenoxy) is 1. The number of nitrogens with one attached hydrogen (secondary N) is 2. The molecule has 0 aliphatic carbocycles. The smallest absolute Gasteiger partial charge is 0.212 e. The molecule has 47 heavy (non-hydrogen) atoms. The number of nitrogens with zero attached hydrogens (tertiary/aromatic N) is 8. The summed E-state index contributed by atoms with van der Waals surface area (Å²) in [6, 6.07) is 20.1. The average molecular weight is 663 g/mol. The van der Waals surface area contributed by atoms with Crippen LogP contribution < -0.4 is 10.0 Å². The first kappa shape index (κ1) is 32.6. The highest BCUT2D eigenvalue weighted by Crippen LogP contribution is 2.39. The summed E-state index contributed by atoms with van der Waals surface area (Å²) >= 11 is 0. The number of tetrazole rings is 1. The molecule has 1 aliphatic heterocycles. The van der Waals surface area contributed by atoms with Crippen LogP contribution in [-0.2, 0) is 27.8 Å². The molecule has 0 spiro atoms. The summed E-state index contributed by atoms with van der Waals surface area (Å²) in [5, 5.41) is 37.6. The molecule has 15 nitrogen and oxygen atoms in total. The molecule has 0 radical (unpaired) electrons. The Hall–Kier alpha value is -4.35. The molecule has 1 aliphatic rings. The molecule has 4 N–H and O–H groups in total. The molecule has 248 valence electrons. The maximum Gasteiger partial charge on any atom is 0.212 e. The van der Waals surface area contributed by atoms with Crippen molar-refractivity contribution in [3.05, 3.63) is 89.8 Å². The summed E-state index contributed by atoms with van der Waals surface area (Å²) in [6.07, 6.45) is -3.45. The maximum atomic E-state index is 12.7. The number of aryl methyl sites for hydroxylation is 1. The van der Waals surface area contributed by atoms with E-state index in [1.54, 1.807) is 0 Å². The lowest BCUT2D eigenvalue weighted by Gasteiger charge is -2.20. The van der Waals surface area contributed by atoms with E-state index < -0.39 is 34.6 Å². The summed E-state index contributed by atoms with van der Waals surface area (Å²) < 4.78 is 35.6. The van der Waals surface area contributed by atoms with Crippen molar-refractivity contribution in [2.75, 3.05) is 17.6 Å². The predicted molar refractivity (Wildman–Crippen MR) is 172 cm³/mol. The lowest BCUT2D eigenvalue weighted by Crippen LogP contribution is -2.30. The van der Waals surface area contributed by atoms with E-state index in [-0.39, 0.29) is 41.4 Å². The molecule has 0 unspecified atom stereocenters. The van der Waals surface area contributed by atoms with E-state index in [2.05, 4.69) is 64.7 Å². The van der Waals surface area contributed by atoms with Crippen molar-refractivity contribution < 1.29 is 23.4 Å². The second-order valence-electron chi connectivity index (χ2n) is 11.8. The standard InChI is InChI=1S/C31H38N10O5S/c1-4-41-38-29(37-39-41)27-25(42)26(43)31(46-27)40-18-33-24-28(35-23(36-30(24)40)16-34-47(44,45)17-19(2)3)32-15-22(20-11-7-5-8-12-20)21-13-9-6-10-14-21/h5-14,18-19,22,25-27,31,34,42-43H,4,15-17H2,1-3H3,(H,32,35,36)/t25-,26+,27-,31+/m0/s1. The van der Waals surface area contributed by atoms with E-state index >= 15 is 0 Å². The normalized spacial score (nSPS) is 20.1. The molecule has 0 amide bonds. The van der Waals surface area contributed by atoms with Gasteiger partial charge in [0.1, 0.15) is 18.0 Å². The zero-order valence-corrected chi connectivity index (χ0v) is 27.1. The van der Waals surface area contributed by atoms with Crippen molar-refractivity contribution in [1.82, 2.24) is 44.4 Å². The van der Waals surface area contributed by atoms with Gasteiger partial charge in [0.15, 0.2) is 29.3 Å². The van der Waals surface area contributed by atoms with Crippen LogP contribution in [0.25, 0.3) is 11.2 Å². The summed E-state index contributed by atoms with van der Waals surface area (Å²) in [5.41, 5.74) is 2.85. The highest BCUT2D eigenvalue weighted by molar-refractivity contribution is 7.89. The van der Waals surface area contributed by atoms with Crippen LogP contribution in [0, 0.1) is 5.92 Å². The third kappa shape index (κ3) is 7.16. The Kier molecular flexibility index (Phi) is 9.56. The first-order chi connectivity index (χ1) is 22.6. The minimum absolute atomic E-state index is 0.0441. The fraction of sp³-hybridized carbons (Fsp3) is 0.419. The van der Waals surface area contributed by atoms with Gasteiger partial charge in [-0.25, -0.2) is 28.1 Å². The molecule has 0 bridgehead atoms. The van der Waals surface area contributed by atoms with Gasteiger partial charge in [0.2, 0.25) is 15.8 Å². The number of imidazole rings is 1. The van der Waals surface area contributed by atoms with Gasteiger partial charge < -0.3 is 20.3 Å². The first-order valence-corrected chi connectivity index (χ1v) is 17.1. The Labute approximate surface area is 272 Å². The molecule has 16 heteroatoms. The lowest BCUT2D eigenvalue weighted by atomic mass is 9.91. The third-order valence-corrected chi connectivity index (χ3v) is 9.56. The van der Waals surface area contributed by atoms with Crippen LogP contribution in [0.15, 0.2) is 67.0 Å². The molecule has 2 aromatic carbocycles. The lowest BCUT2D eigenvalue weighted by molar-refractivity contribution is -0.0384. The van der Waals surface area contributed by atoms with E-state index in [1.165, 1.54) is 15.7 Å². The quantitative estimate of drug-likeness (QED) is 0.144. The molecule has 4 atom stereocenters. The number of aliphatic hydroxyl groups excluding tert-OH is 2. The average Bonchev–Trinajstić information content (AvgIpc) is 3.78. The second kappa shape index (κ2) is 13.8. The zero-order chi connectivity index (χ0) is 33.1. The van der Waals surface area contributed by atoms with Gasteiger partial charge >= 0.3 is 0 Å². The van der Waals surface area contributed by atoms with Crippen LogP contribution >= 0.6 is 0 Å². The fourth-order valence-corrected chi connectivity index (χ4v) is 6.97. The van der Waals surface area contributed by atoms with Crippen LogP contribution in [0.4, 0.5) is 5.82 Å². The van der Waals surface area contributed by atoms with E-state index in [4.69, 9.17) is 4.74 Å². The minimum atomic E-state index is -3.60. The largest absolute Gasteiger partial charge is 0.387 e. The molecule has 3 aromatic heterocycles. The van der Waals surface area contributed by atoms with Crippen molar-refractivity contribution in [2.24, 2.45) is 5.92 Å². The summed E-state index contributed by atoms with van der Waals surface area (Å²) in [7, 11) is -3.60. The third-order valence-electron chi connectivity index (χ3n) is 7.87. The number of aliphatic hydroxyl groups is 2. The first-order valence-electron chi connectivity index (χ1n) is 15.5. The van der Waals surface area contributed by atoms with Gasteiger partial charge in [-0.2, -0.15) is 4.80 Å². The van der Waals surface area contributed by atoms with Crippen molar-refractivity contribution in [3.8, 4) is 0 Å². The number of hydrogen-bond acceptors (Lipinski definition) is 12. The van der Waals surface area contributed by atoms with Gasteiger partial charge in [-0.1, -0.05) is 74.5 Å². The highest BCUT2D eigenvalue weighted by Gasteiger charge is 2.47. The number of hydrogen-bond donors (Lipinski definition) is 4. The van der Waals surface area contributed by atoms with Crippen molar-refractivity contribution in [2.45, 2.75) is 64.3 Å². The van der Waals surface area contributed by atoms with Gasteiger partial charge in [0, 0.05) is 12.5 Å². The molecule has 1 fully saturated rings. The number of fused-ring (bicyclic) bond motifs is 1. The number of sulfonamides is 1. The van der Waals surface area contributed by atoms with Crippen LogP contribution in [0.2, 0.25) is 0 Å². The Morgan fingerprint density at radius 1 is 0.979 bits per heavy atom. The second-order valence-corrected chi connectivity index (χ2v) is 13.7. The van der Waals surface area contributed by atoms with Crippen LogP contribution in [0.3, 0.4) is 0 Å². The van der Waals surface area contributed by atoms with Crippen LogP contribution in [0.1, 0.15) is 61.8 Å². The predicted octanol–water partition coefficient (Wildman–Crippen LogP) is 2.14. The molecule has 5 aromatic rings. The highest BCUT2D eigenvalue weighted by atomic mass is 32.2. The zero-order valence-electron chi connectivity index (χ0n) is 26.2. The van der Waals surface area contributed by atoms with Crippen molar-refractivity contribution >= 4 is 27.0 Å². The Morgan fingerprint density at radius 3 is 2.28 bits per heavy atom. The molecule has 6 rings (SSSR count). The number of anilines is 1. The summed E-state index contributed by atoms with van der Waals surface area (Å²) in [5.74, 6) is 0.527. The Bertz CT molecular complexity index is 1860. The van der Waals surface area contributed by atoms with Gasteiger partial charge in [0.25, 0.3) is 0 Å². The number of benzene rings is 2. The fourth-order valence-electron chi connectivity index (χ4n) is 5.63. The maximum absolute atomic E-state index is 12.7. The molecule has 4 heterocycles. The van der Waals surface area contributed by atoms with Crippen molar-refractivity contribution in [3.63, 3.8) is 0 Å². The topological polar surface area (TPSA) is 195 Å². The Balaban J connectivity index is 1.35. The van der Waals surface area contributed by atoms with Gasteiger partial charge in [-0.15, -0.1) is 10.2 Å². The van der Waals surface area contributed by atoms with Gasteiger partial charge in [0.05, 0.1) is 25.2 Å². The van der Waals surface area contributed by atoms with E-state index in [9.17, 15) is 18.6 Å². The summed E-state index contributed by atoms with van der Waals surface area (Å²) in [4.78, 5) is 15.2. The number of rotatable bonds is 13. The van der Waals surface area contributed by atoms with Gasteiger partial charge in [-0.3, -0.25) is 4.57 Å². The minimum Gasteiger partial charge on any atom is -0.387 e. The molecule has 0 saturated carbocycles. The molecule has 1 saturated heterocycles. The molecular formula is C31H38N10O5S. The van der Waals surface area contributed by atoms with Crippen LogP contribution in [-0.4, -0.2) is 82.9 Å². The number of aromatic nitrogens is 8. The van der Waals surface area contributed by atoms with Crippen molar-refractivity contribution in [1.29, 1.82) is 0 Å². The Morgan fingerprint density at radius 2 is 1.66 bits per heavy atom. The van der Waals surface area contributed by atoms with E-state index in [0.29, 0.717) is 24.4 Å². The van der Waals surface area contributed by atoms with E-state index in [1.807, 2.05) is 57.2 Å². The monoisotopic (exact) mass is 662 g/mol.